The molecule has 0 heterocycles. The summed E-state index contributed by atoms with van der Waals surface area (Å²) in [4.78, 5) is 24.1. The van der Waals surface area contributed by atoms with E-state index in [9.17, 15) is 14.0 Å². The Balaban J connectivity index is 1.95. The molecule has 0 bridgehead atoms. The van der Waals surface area contributed by atoms with Crippen LogP contribution in [0.3, 0.4) is 0 Å². The fraction of sp³-hybridized carbons (Fsp3) is 0.300. The summed E-state index contributed by atoms with van der Waals surface area (Å²) in [5, 5.41) is 5.02. The van der Waals surface area contributed by atoms with Gasteiger partial charge in [-0.25, -0.2) is 4.39 Å². The van der Waals surface area contributed by atoms with Crippen molar-refractivity contribution < 1.29 is 23.5 Å². The summed E-state index contributed by atoms with van der Waals surface area (Å²) in [6, 6.07) is 13.3. The predicted molar refractivity (Wildman–Crippen MR) is 98.6 cm³/mol. The van der Waals surface area contributed by atoms with Crippen LogP contribution in [0, 0.1) is 5.82 Å². The quantitative estimate of drug-likeness (QED) is 0.728. The highest BCUT2D eigenvalue weighted by molar-refractivity contribution is 6.35. The highest BCUT2D eigenvalue weighted by Crippen LogP contribution is 2.26. The minimum atomic E-state index is -1.11. The largest absolute Gasteiger partial charge is 0.496 e. The second-order valence-electron chi connectivity index (χ2n) is 6.09. The molecule has 2 rings (SSSR count). The van der Waals surface area contributed by atoms with E-state index in [1.807, 2.05) is 12.1 Å². The Morgan fingerprint density at radius 1 is 1.00 bits per heavy atom. The number of carbonyl (C=O) groups is 2. The minimum Gasteiger partial charge on any atom is -0.496 e. The third kappa shape index (κ3) is 5.04. The predicted octanol–water partition coefficient (Wildman–Crippen LogP) is 2.13. The molecule has 0 aliphatic carbocycles. The van der Waals surface area contributed by atoms with Crippen LogP contribution in [-0.2, 0) is 26.5 Å². The first kappa shape index (κ1) is 20.4. The van der Waals surface area contributed by atoms with Crippen molar-refractivity contribution in [2.45, 2.75) is 19.1 Å². The smallest absolute Gasteiger partial charge is 0.309 e. The summed E-state index contributed by atoms with van der Waals surface area (Å²) >= 11 is 0. The average Bonchev–Trinajstić information content (AvgIpc) is 2.70. The number of amides is 2. The number of methoxy groups -OCH3 is 2. The summed E-state index contributed by atoms with van der Waals surface area (Å²) in [5.41, 5.74) is -0.0688. The van der Waals surface area contributed by atoms with Crippen LogP contribution in [0.2, 0.25) is 0 Å². The van der Waals surface area contributed by atoms with E-state index < -0.39 is 23.2 Å². The fourth-order valence-electron chi connectivity index (χ4n) is 2.60. The fourth-order valence-corrected chi connectivity index (χ4v) is 2.60. The maximum Gasteiger partial charge on any atom is 0.309 e. The maximum atomic E-state index is 14.1. The molecule has 0 unspecified atom stereocenters. The molecule has 2 amide bonds. The topological polar surface area (TPSA) is 76.7 Å². The van der Waals surface area contributed by atoms with Crippen molar-refractivity contribution in [3.63, 3.8) is 0 Å². The molecule has 1 atom stereocenters. The van der Waals surface area contributed by atoms with Gasteiger partial charge >= 0.3 is 11.8 Å². The summed E-state index contributed by atoms with van der Waals surface area (Å²) in [6.07, 6.45) is 0. The van der Waals surface area contributed by atoms with Gasteiger partial charge in [0.25, 0.3) is 0 Å². The minimum absolute atomic E-state index is 0.0641. The van der Waals surface area contributed by atoms with Gasteiger partial charge in [-0.1, -0.05) is 36.4 Å². The SMILES string of the molecule is COc1ccccc1CNC(=O)C(=O)NC[C@@](C)(OC)c1ccccc1F. The normalized spacial score (nSPS) is 12.7. The molecule has 0 saturated heterocycles. The Kier molecular flexibility index (Phi) is 6.90. The lowest BCUT2D eigenvalue weighted by Crippen LogP contribution is -2.46. The number of hydrogen-bond acceptors (Lipinski definition) is 4. The van der Waals surface area contributed by atoms with Crippen molar-refractivity contribution >= 4 is 11.8 Å². The zero-order valence-electron chi connectivity index (χ0n) is 15.5. The summed E-state index contributed by atoms with van der Waals surface area (Å²) in [7, 11) is 2.95. The van der Waals surface area contributed by atoms with Gasteiger partial charge < -0.3 is 20.1 Å². The third-order valence-corrected chi connectivity index (χ3v) is 4.32. The van der Waals surface area contributed by atoms with Crippen LogP contribution in [0.5, 0.6) is 5.75 Å². The molecule has 0 aromatic heterocycles. The van der Waals surface area contributed by atoms with Gasteiger partial charge in [-0.15, -0.1) is 0 Å². The van der Waals surface area contributed by atoms with Gasteiger partial charge in [0.1, 0.15) is 17.2 Å². The molecule has 0 spiro atoms. The molecule has 6 nitrogen and oxygen atoms in total. The molecule has 0 radical (unpaired) electrons. The number of benzene rings is 2. The number of carbonyl (C=O) groups excluding carboxylic acids is 2. The van der Waals surface area contributed by atoms with Gasteiger partial charge in [0.05, 0.1) is 13.7 Å². The average molecular weight is 374 g/mol. The van der Waals surface area contributed by atoms with E-state index in [0.29, 0.717) is 11.3 Å². The Bertz CT molecular complexity index is 812. The van der Waals surface area contributed by atoms with Gasteiger partial charge in [0.15, 0.2) is 0 Å². The van der Waals surface area contributed by atoms with Gasteiger partial charge in [0, 0.05) is 24.8 Å². The monoisotopic (exact) mass is 374 g/mol. The van der Waals surface area contributed by atoms with E-state index in [2.05, 4.69) is 10.6 Å². The van der Waals surface area contributed by atoms with Crippen molar-refractivity contribution in [2.24, 2.45) is 0 Å². The third-order valence-electron chi connectivity index (χ3n) is 4.32. The first-order chi connectivity index (χ1) is 12.9. The molecule has 0 aliphatic heterocycles. The molecule has 7 heteroatoms. The Hall–Kier alpha value is -2.93. The van der Waals surface area contributed by atoms with Crippen LogP contribution >= 0.6 is 0 Å². The van der Waals surface area contributed by atoms with Gasteiger partial charge in [-0.05, 0) is 19.1 Å². The highest BCUT2D eigenvalue weighted by Gasteiger charge is 2.30. The summed E-state index contributed by atoms with van der Waals surface area (Å²) in [5.74, 6) is -1.46. The summed E-state index contributed by atoms with van der Waals surface area (Å²) < 4.78 is 24.6. The van der Waals surface area contributed by atoms with Gasteiger partial charge in [0.2, 0.25) is 0 Å². The molecule has 2 aromatic rings. The van der Waals surface area contributed by atoms with E-state index in [-0.39, 0.29) is 13.1 Å². The molecule has 2 N–H and O–H groups in total. The van der Waals surface area contributed by atoms with Crippen molar-refractivity contribution in [1.29, 1.82) is 0 Å². The van der Waals surface area contributed by atoms with Crippen molar-refractivity contribution in [1.82, 2.24) is 10.6 Å². The van der Waals surface area contributed by atoms with Crippen LogP contribution in [0.15, 0.2) is 48.5 Å². The summed E-state index contributed by atoms with van der Waals surface area (Å²) in [6.45, 7) is 1.72. The van der Waals surface area contributed by atoms with E-state index in [0.717, 1.165) is 5.56 Å². The number of hydrogen-bond donors (Lipinski definition) is 2. The Labute approximate surface area is 157 Å². The molecule has 0 saturated carbocycles. The lowest BCUT2D eigenvalue weighted by molar-refractivity contribution is -0.140. The van der Waals surface area contributed by atoms with E-state index in [1.54, 1.807) is 37.3 Å². The lowest BCUT2D eigenvalue weighted by atomic mass is 9.95. The molecular weight excluding hydrogens is 351 g/mol. The molecule has 144 valence electrons. The maximum absolute atomic E-state index is 14.1. The molecule has 27 heavy (non-hydrogen) atoms. The molecule has 2 aromatic carbocycles. The van der Waals surface area contributed by atoms with Crippen LogP contribution in [0.4, 0.5) is 4.39 Å². The van der Waals surface area contributed by atoms with Crippen LogP contribution in [0.25, 0.3) is 0 Å². The van der Waals surface area contributed by atoms with Crippen molar-refractivity contribution in [2.75, 3.05) is 20.8 Å². The highest BCUT2D eigenvalue weighted by atomic mass is 19.1. The van der Waals surface area contributed by atoms with Gasteiger partial charge in [-0.3, -0.25) is 9.59 Å². The number of nitrogens with one attached hydrogen (secondary N) is 2. The van der Waals surface area contributed by atoms with Gasteiger partial charge in [-0.2, -0.15) is 0 Å². The Morgan fingerprint density at radius 3 is 2.30 bits per heavy atom. The lowest BCUT2D eigenvalue weighted by Gasteiger charge is -2.29. The molecular formula is C20H23FN2O4. The second kappa shape index (κ2) is 9.14. The van der Waals surface area contributed by atoms with Crippen LogP contribution < -0.4 is 15.4 Å². The zero-order chi connectivity index (χ0) is 19.9. The van der Waals surface area contributed by atoms with E-state index >= 15 is 0 Å². The second-order valence-corrected chi connectivity index (χ2v) is 6.09. The van der Waals surface area contributed by atoms with Crippen LogP contribution in [0.1, 0.15) is 18.1 Å². The zero-order valence-corrected chi connectivity index (χ0v) is 15.5. The van der Waals surface area contributed by atoms with E-state index in [1.165, 1.54) is 20.3 Å². The number of ether oxygens (including phenoxy) is 2. The van der Waals surface area contributed by atoms with E-state index in [4.69, 9.17) is 9.47 Å². The van der Waals surface area contributed by atoms with Crippen molar-refractivity contribution in [3.05, 3.63) is 65.5 Å². The first-order valence-corrected chi connectivity index (χ1v) is 8.39. The number of halogens is 1. The Morgan fingerprint density at radius 2 is 1.63 bits per heavy atom. The molecule has 0 fully saturated rings. The van der Waals surface area contributed by atoms with Crippen molar-refractivity contribution in [3.8, 4) is 5.75 Å². The number of para-hydroxylation sites is 1. The first-order valence-electron chi connectivity index (χ1n) is 8.39. The van der Waals surface area contributed by atoms with Crippen LogP contribution in [-0.4, -0.2) is 32.6 Å². The molecule has 0 aliphatic rings. The standard InChI is InChI=1S/C20H23FN2O4/c1-20(27-3,15-9-5-6-10-16(15)21)13-23-19(25)18(24)22-12-14-8-4-7-11-17(14)26-2/h4-11H,12-13H2,1-3H3,(H,22,24)(H,23,25)/t20-/m1/s1. The number of rotatable bonds is 7.